The zero-order chi connectivity index (χ0) is 12.7. The summed E-state index contributed by atoms with van der Waals surface area (Å²) in [5.74, 6) is 0.710. The van der Waals surface area contributed by atoms with Gasteiger partial charge >= 0.3 is 5.97 Å². The summed E-state index contributed by atoms with van der Waals surface area (Å²) in [6, 6.07) is 0. The molecule has 1 heterocycles. The Labute approximate surface area is 105 Å². The second-order valence-corrected chi connectivity index (χ2v) is 5.32. The van der Waals surface area contributed by atoms with Gasteiger partial charge in [0, 0.05) is 11.8 Å². The maximum atomic E-state index is 10.5. The molecule has 0 fully saturated rings. The molecule has 7 heteroatoms. The molecule has 1 atom stereocenters. The van der Waals surface area contributed by atoms with Crippen molar-refractivity contribution in [3.8, 4) is 0 Å². The van der Waals surface area contributed by atoms with Gasteiger partial charge in [0.2, 0.25) is 0 Å². The van der Waals surface area contributed by atoms with Crippen LogP contribution in [0.5, 0.6) is 0 Å². The van der Waals surface area contributed by atoms with Gasteiger partial charge < -0.3 is 5.11 Å². The van der Waals surface area contributed by atoms with Crippen LogP contribution in [0.3, 0.4) is 0 Å². The Morgan fingerprint density at radius 3 is 3.00 bits per heavy atom. The first kappa shape index (κ1) is 14.0. The highest BCUT2D eigenvalue weighted by Gasteiger charge is 2.11. The second-order valence-electron chi connectivity index (χ2n) is 3.89. The third kappa shape index (κ3) is 5.16. The number of carbonyl (C=O) groups is 1. The number of nitrogens with zero attached hydrogens (tertiary/aromatic N) is 4. The third-order valence-electron chi connectivity index (χ3n) is 2.29. The summed E-state index contributed by atoms with van der Waals surface area (Å²) in [5.41, 5.74) is 0. The largest absolute Gasteiger partial charge is 0.481 e. The average molecular weight is 258 g/mol. The molecular weight excluding hydrogens is 240 g/mol. The van der Waals surface area contributed by atoms with E-state index in [4.69, 9.17) is 5.11 Å². The Morgan fingerprint density at radius 1 is 1.59 bits per heavy atom. The molecule has 0 aliphatic rings. The highest BCUT2D eigenvalue weighted by Crippen LogP contribution is 2.18. The van der Waals surface area contributed by atoms with Crippen LogP contribution in [0.15, 0.2) is 0 Å². The zero-order valence-corrected chi connectivity index (χ0v) is 11.0. The number of aromatic nitrogens is 4. The molecule has 0 saturated carbocycles. The van der Waals surface area contributed by atoms with Gasteiger partial charge in [0.25, 0.3) is 0 Å². The van der Waals surface area contributed by atoms with Gasteiger partial charge in [-0.3, -0.25) is 4.79 Å². The minimum absolute atomic E-state index is 0.0730. The van der Waals surface area contributed by atoms with Crippen LogP contribution < -0.4 is 0 Å². The summed E-state index contributed by atoms with van der Waals surface area (Å²) >= 11 is 1.57. The lowest BCUT2D eigenvalue weighted by Crippen LogP contribution is -2.09. The summed E-state index contributed by atoms with van der Waals surface area (Å²) in [7, 11) is 0. The number of rotatable bonds is 8. The molecule has 0 saturated heterocycles. The van der Waals surface area contributed by atoms with Crippen molar-refractivity contribution in [3.63, 3.8) is 0 Å². The van der Waals surface area contributed by atoms with Crippen LogP contribution in [0.25, 0.3) is 0 Å². The highest BCUT2D eigenvalue weighted by atomic mass is 32.2. The topological polar surface area (TPSA) is 80.9 Å². The van der Waals surface area contributed by atoms with E-state index >= 15 is 0 Å². The van der Waals surface area contributed by atoms with E-state index in [-0.39, 0.29) is 11.7 Å². The van der Waals surface area contributed by atoms with Gasteiger partial charge in [0.05, 0.1) is 12.2 Å². The summed E-state index contributed by atoms with van der Waals surface area (Å²) in [6.07, 6.45) is 2.32. The van der Waals surface area contributed by atoms with Crippen LogP contribution in [0, 0.1) is 0 Å². The summed E-state index contributed by atoms with van der Waals surface area (Å²) in [6.45, 7) is 4.85. The number of carboxylic acids is 1. The lowest BCUT2D eigenvalue weighted by molar-refractivity contribution is -0.136. The van der Waals surface area contributed by atoms with E-state index in [0.717, 1.165) is 25.2 Å². The van der Waals surface area contributed by atoms with Crippen molar-refractivity contribution in [2.24, 2.45) is 0 Å². The predicted molar refractivity (Wildman–Crippen MR) is 65.7 cm³/mol. The summed E-state index contributed by atoms with van der Waals surface area (Å²) < 4.78 is 1.80. The molecule has 17 heavy (non-hydrogen) atoms. The van der Waals surface area contributed by atoms with Crippen molar-refractivity contribution in [1.82, 2.24) is 20.2 Å². The maximum absolute atomic E-state index is 10.5. The Kier molecular flexibility index (Phi) is 5.96. The minimum atomic E-state index is -0.768. The van der Waals surface area contributed by atoms with E-state index < -0.39 is 5.97 Å². The normalized spacial score (nSPS) is 12.6. The van der Waals surface area contributed by atoms with Crippen LogP contribution >= 0.6 is 11.8 Å². The monoisotopic (exact) mass is 258 g/mol. The van der Waals surface area contributed by atoms with Gasteiger partial charge in [0.1, 0.15) is 0 Å². The molecule has 0 aliphatic heterocycles. The van der Waals surface area contributed by atoms with E-state index in [1.54, 1.807) is 16.4 Å². The summed E-state index contributed by atoms with van der Waals surface area (Å²) in [4.78, 5) is 10.5. The van der Waals surface area contributed by atoms with Crippen LogP contribution in [0.4, 0.5) is 0 Å². The summed E-state index contributed by atoms with van der Waals surface area (Å²) in [5, 5.41) is 20.2. The molecule has 1 rings (SSSR count). The first-order valence-corrected chi connectivity index (χ1v) is 6.76. The number of thioether (sulfide) groups is 1. The number of aliphatic carboxylic acids is 1. The smallest absolute Gasteiger partial charge is 0.304 e. The Balaban J connectivity index is 2.40. The molecule has 1 unspecified atom stereocenters. The molecule has 0 bridgehead atoms. The van der Waals surface area contributed by atoms with Crippen molar-refractivity contribution in [2.45, 2.75) is 50.7 Å². The minimum Gasteiger partial charge on any atom is -0.481 e. The van der Waals surface area contributed by atoms with E-state index in [0.29, 0.717) is 5.75 Å². The van der Waals surface area contributed by atoms with Gasteiger partial charge in [0.15, 0.2) is 5.82 Å². The van der Waals surface area contributed by atoms with E-state index in [9.17, 15) is 4.79 Å². The van der Waals surface area contributed by atoms with Crippen LogP contribution in [0.1, 0.15) is 38.9 Å². The molecule has 0 aliphatic carbocycles. The molecule has 0 amide bonds. The van der Waals surface area contributed by atoms with Crippen LogP contribution in [0.2, 0.25) is 0 Å². The van der Waals surface area contributed by atoms with Crippen LogP contribution in [-0.4, -0.2) is 36.5 Å². The first-order valence-electron chi connectivity index (χ1n) is 5.72. The quantitative estimate of drug-likeness (QED) is 0.762. The molecular formula is C10H18N4O2S. The number of hydrogen-bond acceptors (Lipinski definition) is 5. The van der Waals surface area contributed by atoms with E-state index in [2.05, 4.69) is 22.4 Å². The average Bonchev–Trinajstić information content (AvgIpc) is 2.70. The number of carboxylic acid groups (broad SMARTS) is 1. The molecule has 0 aromatic carbocycles. The molecule has 0 radical (unpaired) electrons. The van der Waals surface area contributed by atoms with Crippen molar-refractivity contribution in [2.75, 3.05) is 0 Å². The lowest BCUT2D eigenvalue weighted by atomic mass is 10.3. The molecule has 6 nitrogen and oxygen atoms in total. The van der Waals surface area contributed by atoms with Gasteiger partial charge in [-0.2, -0.15) is 11.8 Å². The fourth-order valence-corrected chi connectivity index (χ4v) is 2.23. The molecule has 0 spiro atoms. The fraction of sp³-hybridized carbons (Fsp3) is 0.800. The highest BCUT2D eigenvalue weighted by molar-refractivity contribution is 7.99. The Bertz CT molecular complexity index is 356. The number of unbranched alkanes of at least 4 members (excludes halogenated alkanes) is 1. The number of aryl methyl sites for hydroxylation is 1. The first-order chi connectivity index (χ1) is 8.13. The van der Waals surface area contributed by atoms with Gasteiger partial charge in [-0.25, -0.2) is 4.68 Å². The van der Waals surface area contributed by atoms with Crippen molar-refractivity contribution in [1.29, 1.82) is 0 Å². The molecule has 96 valence electrons. The van der Waals surface area contributed by atoms with Crippen molar-refractivity contribution < 1.29 is 9.90 Å². The van der Waals surface area contributed by atoms with E-state index in [1.807, 2.05) is 6.92 Å². The molecule has 1 aromatic heterocycles. The van der Waals surface area contributed by atoms with Crippen molar-refractivity contribution >= 4 is 17.7 Å². The number of hydrogen-bond donors (Lipinski definition) is 1. The number of tetrazole rings is 1. The predicted octanol–water partition coefficient (Wildman–Crippen LogP) is 1.57. The fourth-order valence-electron chi connectivity index (χ4n) is 1.33. The lowest BCUT2D eigenvalue weighted by Gasteiger charge is -2.08. The second kappa shape index (κ2) is 7.26. The maximum Gasteiger partial charge on any atom is 0.304 e. The van der Waals surface area contributed by atoms with Gasteiger partial charge in [-0.15, -0.1) is 5.10 Å². The zero-order valence-electron chi connectivity index (χ0n) is 10.2. The Morgan fingerprint density at radius 2 is 2.35 bits per heavy atom. The molecule has 1 N–H and O–H groups in total. The van der Waals surface area contributed by atoms with Gasteiger partial charge in [-0.05, 0) is 16.8 Å². The van der Waals surface area contributed by atoms with Crippen molar-refractivity contribution in [3.05, 3.63) is 5.82 Å². The SMILES string of the molecule is CCCCn1nnnc1CSC(C)CC(=O)O. The van der Waals surface area contributed by atoms with E-state index in [1.165, 1.54) is 0 Å². The molecule has 1 aromatic rings. The van der Waals surface area contributed by atoms with Gasteiger partial charge in [-0.1, -0.05) is 20.3 Å². The standard InChI is InChI=1S/C10H18N4O2S/c1-3-4-5-14-9(11-12-13-14)7-17-8(2)6-10(15)16/h8H,3-7H2,1-2H3,(H,15,16). The van der Waals surface area contributed by atoms with Crippen LogP contribution in [-0.2, 0) is 17.1 Å². The third-order valence-corrected chi connectivity index (χ3v) is 3.45. The Hall–Kier alpha value is -1.11.